The Morgan fingerprint density at radius 2 is 2.00 bits per heavy atom. The lowest BCUT2D eigenvalue weighted by molar-refractivity contribution is 0.447. The normalized spacial score (nSPS) is 15.1. The molecule has 0 aliphatic carbocycles. The fourth-order valence-corrected chi connectivity index (χ4v) is 2.98. The summed E-state index contributed by atoms with van der Waals surface area (Å²) in [5.41, 5.74) is 1.19. The molecule has 16 heavy (non-hydrogen) atoms. The van der Waals surface area contributed by atoms with E-state index in [4.69, 9.17) is 0 Å². The Morgan fingerprint density at radius 3 is 2.50 bits per heavy atom. The van der Waals surface area contributed by atoms with Gasteiger partial charge in [-0.15, -0.1) is 11.3 Å². The number of hydrogen-bond donors (Lipinski definition) is 1. The number of nitrogens with one attached hydrogen (secondary N) is 1. The maximum Gasteiger partial charge on any atom is 0.0900 e. The molecule has 0 aliphatic heterocycles. The minimum Gasteiger partial charge on any atom is -0.307 e. The lowest BCUT2D eigenvalue weighted by atomic mass is 10.1. The average Bonchev–Trinajstić information content (AvgIpc) is 2.54. The van der Waals surface area contributed by atoms with Crippen LogP contribution in [-0.4, -0.2) is 11.0 Å². The summed E-state index contributed by atoms with van der Waals surface area (Å²) >= 11 is 1.81. The fourth-order valence-electron chi connectivity index (χ4n) is 2.04. The highest BCUT2D eigenvalue weighted by Crippen LogP contribution is 2.25. The molecule has 0 saturated carbocycles. The Kier molecular flexibility index (Phi) is 5.42. The van der Waals surface area contributed by atoms with E-state index in [0.717, 1.165) is 0 Å². The third-order valence-corrected chi connectivity index (χ3v) is 4.11. The Bertz CT molecular complexity index is 320. The number of aromatic nitrogens is 1. The first-order valence-electron chi connectivity index (χ1n) is 6.24. The molecule has 2 unspecified atom stereocenters. The van der Waals surface area contributed by atoms with Crippen LogP contribution in [0.1, 0.15) is 61.7 Å². The van der Waals surface area contributed by atoms with E-state index in [2.05, 4.69) is 44.9 Å². The molecule has 1 N–H and O–H groups in total. The van der Waals surface area contributed by atoms with E-state index < -0.39 is 0 Å². The number of nitrogens with zero attached hydrogens (tertiary/aromatic N) is 1. The van der Waals surface area contributed by atoms with Gasteiger partial charge in [-0.1, -0.05) is 19.8 Å². The highest BCUT2D eigenvalue weighted by Gasteiger charge is 2.14. The largest absolute Gasteiger partial charge is 0.307 e. The van der Waals surface area contributed by atoms with E-state index in [1.165, 1.54) is 34.8 Å². The molecule has 0 aliphatic rings. The van der Waals surface area contributed by atoms with Crippen molar-refractivity contribution in [3.63, 3.8) is 0 Å². The first-order chi connectivity index (χ1) is 7.54. The van der Waals surface area contributed by atoms with Crippen molar-refractivity contribution in [1.29, 1.82) is 0 Å². The van der Waals surface area contributed by atoms with Crippen LogP contribution in [0.15, 0.2) is 0 Å². The van der Waals surface area contributed by atoms with E-state index in [9.17, 15) is 0 Å². The Morgan fingerprint density at radius 1 is 1.31 bits per heavy atom. The molecule has 2 atom stereocenters. The molecule has 1 rings (SSSR count). The van der Waals surface area contributed by atoms with Gasteiger partial charge in [0.05, 0.1) is 10.7 Å². The number of rotatable bonds is 6. The van der Waals surface area contributed by atoms with Gasteiger partial charge in [-0.25, -0.2) is 4.98 Å². The number of thiazole rings is 1. The van der Waals surface area contributed by atoms with Crippen LogP contribution in [0, 0.1) is 13.8 Å². The van der Waals surface area contributed by atoms with Gasteiger partial charge in [0, 0.05) is 17.0 Å². The molecule has 0 bridgehead atoms. The molecule has 1 aromatic rings. The zero-order valence-corrected chi connectivity index (χ0v) is 11.9. The molecule has 0 saturated heterocycles. The van der Waals surface area contributed by atoms with Crippen molar-refractivity contribution in [3.05, 3.63) is 15.6 Å². The van der Waals surface area contributed by atoms with Crippen LogP contribution in [0.25, 0.3) is 0 Å². The fraction of sp³-hybridized carbons (Fsp3) is 0.769. The van der Waals surface area contributed by atoms with Crippen LogP contribution >= 0.6 is 11.3 Å². The van der Waals surface area contributed by atoms with Crippen molar-refractivity contribution in [2.45, 2.75) is 66.0 Å². The van der Waals surface area contributed by atoms with Crippen molar-refractivity contribution >= 4 is 11.3 Å². The highest BCUT2D eigenvalue weighted by atomic mass is 32.1. The van der Waals surface area contributed by atoms with Crippen LogP contribution in [0.2, 0.25) is 0 Å². The zero-order chi connectivity index (χ0) is 12.1. The second-order valence-electron chi connectivity index (χ2n) is 4.61. The summed E-state index contributed by atoms with van der Waals surface area (Å²) in [6.45, 7) is 10.9. The van der Waals surface area contributed by atoms with E-state index in [1.54, 1.807) is 0 Å². The minimum absolute atomic E-state index is 0.429. The Labute approximate surface area is 103 Å². The molecule has 2 nitrogen and oxygen atoms in total. The summed E-state index contributed by atoms with van der Waals surface area (Å²) < 4.78 is 0. The van der Waals surface area contributed by atoms with Crippen LogP contribution in [0.5, 0.6) is 0 Å². The van der Waals surface area contributed by atoms with Crippen LogP contribution < -0.4 is 5.32 Å². The molecule has 92 valence electrons. The first kappa shape index (κ1) is 13.7. The van der Waals surface area contributed by atoms with Gasteiger partial charge in [0.15, 0.2) is 0 Å². The third-order valence-electron chi connectivity index (χ3n) is 2.86. The van der Waals surface area contributed by atoms with Gasteiger partial charge < -0.3 is 5.32 Å². The van der Waals surface area contributed by atoms with Gasteiger partial charge in [0.2, 0.25) is 0 Å². The van der Waals surface area contributed by atoms with Gasteiger partial charge >= 0.3 is 0 Å². The topological polar surface area (TPSA) is 24.9 Å². The predicted octanol–water partition coefficient (Wildman–Crippen LogP) is 3.99. The van der Waals surface area contributed by atoms with Gasteiger partial charge in [0.1, 0.15) is 0 Å². The summed E-state index contributed by atoms with van der Waals surface area (Å²) in [4.78, 5) is 5.87. The summed E-state index contributed by atoms with van der Waals surface area (Å²) in [6.07, 6.45) is 3.85. The molecular formula is C13H24N2S. The van der Waals surface area contributed by atoms with Crippen molar-refractivity contribution in [2.75, 3.05) is 0 Å². The van der Waals surface area contributed by atoms with Crippen molar-refractivity contribution < 1.29 is 0 Å². The molecule has 0 spiro atoms. The molecular weight excluding hydrogens is 216 g/mol. The number of unbranched alkanes of at least 4 members (excludes halogenated alkanes) is 1. The molecule has 1 aromatic heterocycles. The second kappa shape index (κ2) is 6.36. The lowest BCUT2D eigenvalue weighted by Crippen LogP contribution is -2.28. The summed E-state index contributed by atoms with van der Waals surface area (Å²) in [5, 5.41) is 4.82. The lowest BCUT2D eigenvalue weighted by Gasteiger charge is -2.19. The Hall–Kier alpha value is -0.410. The van der Waals surface area contributed by atoms with Crippen molar-refractivity contribution in [3.8, 4) is 0 Å². The first-order valence-corrected chi connectivity index (χ1v) is 7.06. The monoisotopic (exact) mass is 240 g/mol. The molecule has 0 amide bonds. The number of aryl methyl sites for hydroxylation is 2. The SMILES string of the molecule is CCCCC(C)NC(C)c1sc(C)nc1C. The van der Waals surface area contributed by atoms with Crippen molar-refractivity contribution in [1.82, 2.24) is 10.3 Å². The van der Waals surface area contributed by atoms with Gasteiger partial charge in [-0.3, -0.25) is 0 Å². The standard InChI is InChI=1S/C13H24N2S/c1-6-7-8-9(2)14-10(3)13-11(4)15-12(5)16-13/h9-10,14H,6-8H2,1-5H3. The van der Waals surface area contributed by atoms with Crippen LogP contribution in [0.3, 0.4) is 0 Å². The predicted molar refractivity (Wildman–Crippen MR) is 72.1 cm³/mol. The second-order valence-corrected chi connectivity index (χ2v) is 5.85. The maximum atomic E-state index is 4.48. The summed E-state index contributed by atoms with van der Waals surface area (Å²) in [5.74, 6) is 0. The Balaban J connectivity index is 2.51. The van der Waals surface area contributed by atoms with E-state index in [-0.39, 0.29) is 0 Å². The van der Waals surface area contributed by atoms with Gasteiger partial charge in [-0.2, -0.15) is 0 Å². The molecule has 0 radical (unpaired) electrons. The van der Waals surface area contributed by atoms with E-state index in [1.807, 2.05) is 11.3 Å². The van der Waals surface area contributed by atoms with Gasteiger partial charge in [-0.05, 0) is 34.1 Å². The maximum absolute atomic E-state index is 4.48. The highest BCUT2D eigenvalue weighted by molar-refractivity contribution is 7.11. The molecule has 3 heteroatoms. The third kappa shape index (κ3) is 3.87. The van der Waals surface area contributed by atoms with E-state index >= 15 is 0 Å². The summed E-state index contributed by atoms with van der Waals surface area (Å²) in [6, 6.07) is 1.02. The summed E-state index contributed by atoms with van der Waals surface area (Å²) in [7, 11) is 0. The minimum atomic E-state index is 0.429. The zero-order valence-electron chi connectivity index (χ0n) is 11.1. The van der Waals surface area contributed by atoms with Crippen LogP contribution in [0.4, 0.5) is 0 Å². The molecule has 1 heterocycles. The quantitative estimate of drug-likeness (QED) is 0.813. The van der Waals surface area contributed by atoms with Gasteiger partial charge in [0.25, 0.3) is 0 Å². The molecule has 0 fully saturated rings. The number of hydrogen-bond acceptors (Lipinski definition) is 3. The van der Waals surface area contributed by atoms with E-state index in [0.29, 0.717) is 12.1 Å². The van der Waals surface area contributed by atoms with Crippen LogP contribution in [-0.2, 0) is 0 Å². The van der Waals surface area contributed by atoms with Crippen molar-refractivity contribution in [2.24, 2.45) is 0 Å². The molecule has 0 aromatic carbocycles. The smallest absolute Gasteiger partial charge is 0.0900 e. The average molecular weight is 240 g/mol.